The number of methoxy groups -OCH3 is 1. The number of alkyl halides is 1. The van der Waals surface area contributed by atoms with E-state index in [1.165, 1.54) is 0 Å². The number of Topliss-reactive ketones (excluding diaryl/α,β-unsaturated/α-hetero) is 1. The van der Waals surface area contributed by atoms with E-state index in [1.54, 1.807) is 14.0 Å². The van der Waals surface area contributed by atoms with Crippen LogP contribution in [0.3, 0.4) is 0 Å². The van der Waals surface area contributed by atoms with Crippen LogP contribution in [0.2, 0.25) is 0 Å². The predicted octanol–water partition coefficient (Wildman–Crippen LogP) is 2.70. The number of hydrogen-bond donors (Lipinski definition) is 1. The Labute approximate surface area is 97.9 Å². The summed E-state index contributed by atoms with van der Waals surface area (Å²) < 4.78 is 4.55. The summed E-state index contributed by atoms with van der Waals surface area (Å²) >= 11 is 7.81. The molecule has 0 radical (unpaired) electrons. The van der Waals surface area contributed by atoms with Gasteiger partial charge in [-0.25, -0.2) is 0 Å². The maximum Gasteiger partial charge on any atom is 0.166 e. The van der Waals surface area contributed by atoms with E-state index in [2.05, 4.69) is 28.6 Å². The summed E-state index contributed by atoms with van der Waals surface area (Å²) in [7, 11) is 1.56. The van der Waals surface area contributed by atoms with E-state index >= 15 is 0 Å². The van der Waals surface area contributed by atoms with Crippen LogP contribution in [0.25, 0.3) is 0 Å². The second-order valence-electron chi connectivity index (χ2n) is 3.33. The molecule has 0 aliphatic heterocycles. The van der Waals surface area contributed by atoms with Crippen LogP contribution in [0, 0.1) is 5.92 Å². The summed E-state index contributed by atoms with van der Waals surface area (Å²) in [5.41, 5.74) is 1.00. The van der Waals surface area contributed by atoms with Crippen molar-refractivity contribution in [3.63, 3.8) is 0 Å². The molecule has 78 valence electrons. The molecule has 0 N–H and O–H groups in total. The standard InChI is InChI=1S/C10H13BrO2S/c1-6-4-5-8(7(2)12)10(11,13-3)9(6)14/h4-5,8,14H,1-3H3. The van der Waals surface area contributed by atoms with Crippen LogP contribution < -0.4 is 0 Å². The minimum Gasteiger partial charge on any atom is -0.361 e. The molecule has 0 bridgehead atoms. The minimum atomic E-state index is -0.791. The summed E-state index contributed by atoms with van der Waals surface area (Å²) in [4.78, 5) is 12.2. The maximum atomic E-state index is 11.4. The Morgan fingerprint density at radius 3 is 2.71 bits per heavy atom. The van der Waals surface area contributed by atoms with E-state index < -0.39 is 4.51 Å². The summed E-state index contributed by atoms with van der Waals surface area (Å²) in [5, 5.41) is 0. The zero-order valence-corrected chi connectivity index (χ0v) is 10.9. The van der Waals surface area contributed by atoms with E-state index in [0.29, 0.717) is 0 Å². The molecule has 1 aliphatic rings. The Kier molecular flexibility index (Phi) is 3.61. The molecule has 1 rings (SSSR count). The number of hydrogen-bond acceptors (Lipinski definition) is 3. The molecule has 2 unspecified atom stereocenters. The number of carbonyl (C=O) groups is 1. The first-order valence-corrected chi connectivity index (χ1v) is 5.50. The zero-order chi connectivity index (χ0) is 10.9. The van der Waals surface area contributed by atoms with Gasteiger partial charge in [0.1, 0.15) is 5.78 Å². The van der Waals surface area contributed by atoms with Gasteiger partial charge in [0.05, 0.1) is 5.92 Å². The lowest BCUT2D eigenvalue weighted by molar-refractivity contribution is -0.122. The summed E-state index contributed by atoms with van der Waals surface area (Å²) in [5.74, 6) is -0.261. The topological polar surface area (TPSA) is 26.3 Å². The molecule has 0 fully saturated rings. The first kappa shape index (κ1) is 12.0. The van der Waals surface area contributed by atoms with Crippen LogP contribution in [0.4, 0.5) is 0 Å². The maximum absolute atomic E-state index is 11.4. The van der Waals surface area contributed by atoms with Gasteiger partial charge in [0.2, 0.25) is 0 Å². The van der Waals surface area contributed by atoms with Crippen molar-refractivity contribution < 1.29 is 9.53 Å². The number of carbonyl (C=O) groups excluding carboxylic acids is 1. The molecule has 0 amide bonds. The quantitative estimate of drug-likeness (QED) is 0.620. The van der Waals surface area contributed by atoms with Crippen molar-refractivity contribution in [1.82, 2.24) is 0 Å². The third-order valence-corrected chi connectivity index (χ3v) is 4.57. The number of thiol groups is 1. The monoisotopic (exact) mass is 276 g/mol. The fourth-order valence-corrected chi connectivity index (χ4v) is 2.57. The second-order valence-corrected chi connectivity index (χ2v) is 4.95. The van der Waals surface area contributed by atoms with Crippen LogP contribution in [0.15, 0.2) is 22.6 Å². The van der Waals surface area contributed by atoms with E-state index in [4.69, 9.17) is 4.74 Å². The lowest BCUT2D eigenvalue weighted by atomic mass is 9.91. The van der Waals surface area contributed by atoms with Crippen molar-refractivity contribution in [3.8, 4) is 0 Å². The van der Waals surface area contributed by atoms with Gasteiger partial charge in [-0.2, -0.15) is 0 Å². The third-order valence-electron chi connectivity index (χ3n) is 2.37. The minimum absolute atomic E-state index is 0.0547. The summed E-state index contributed by atoms with van der Waals surface area (Å²) in [6, 6.07) is 0. The first-order valence-electron chi connectivity index (χ1n) is 4.26. The molecule has 1 aliphatic carbocycles. The van der Waals surface area contributed by atoms with Crippen molar-refractivity contribution in [2.45, 2.75) is 18.4 Å². The number of rotatable bonds is 2. The van der Waals surface area contributed by atoms with Gasteiger partial charge in [0, 0.05) is 12.0 Å². The molecule has 4 heteroatoms. The Hall–Kier alpha value is -0.0600. The number of halogens is 1. The predicted molar refractivity (Wildman–Crippen MR) is 63.7 cm³/mol. The Morgan fingerprint density at radius 1 is 1.71 bits per heavy atom. The van der Waals surface area contributed by atoms with Crippen molar-refractivity contribution in [2.75, 3.05) is 7.11 Å². The van der Waals surface area contributed by atoms with Gasteiger partial charge in [-0.05, 0) is 35.4 Å². The van der Waals surface area contributed by atoms with Crippen LogP contribution in [0.1, 0.15) is 13.8 Å². The molecule has 2 atom stereocenters. The van der Waals surface area contributed by atoms with E-state index in [-0.39, 0.29) is 11.7 Å². The van der Waals surface area contributed by atoms with Gasteiger partial charge in [-0.15, -0.1) is 12.6 Å². The highest BCUT2D eigenvalue weighted by Crippen LogP contribution is 2.43. The normalized spacial score (nSPS) is 32.2. The summed E-state index contributed by atoms with van der Waals surface area (Å²) in [6.45, 7) is 3.48. The molecule has 0 saturated carbocycles. The number of ether oxygens (including phenoxy) is 1. The van der Waals surface area contributed by atoms with Crippen molar-refractivity contribution in [3.05, 3.63) is 22.6 Å². The molecule has 0 aromatic heterocycles. The van der Waals surface area contributed by atoms with Gasteiger partial charge in [-0.3, -0.25) is 4.79 Å². The molecular formula is C10H13BrO2S. The fraction of sp³-hybridized carbons (Fsp3) is 0.500. The average Bonchev–Trinajstić information content (AvgIpc) is 2.13. The van der Waals surface area contributed by atoms with Crippen LogP contribution >= 0.6 is 28.6 Å². The molecule has 0 aromatic rings. The second kappa shape index (κ2) is 4.21. The fourth-order valence-electron chi connectivity index (χ4n) is 1.48. The summed E-state index contributed by atoms with van der Waals surface area (Å²) in [6.07, 6.45) is 3.74. The average molecular weight is 277 g/mol. The lowest BCUT2D eigenvalue weighted by Gasteiger charge is -2.35. The molecule has 0 saturated heterocycles. The van der Waals surface area contributed by atoms with Crippen molar-refractivity contribution in [2.24, 2.45) is 5.92 Å². The smallest absolute Gasteiger partial charge is 0.166 e. The van der Waals surface area contributed by atoms with Gasteiger partial charge >= 0.3 is 0 Å². The molecule has 2 nitrogen and oxygen atoms in total. The van der Waals surface area contributed by atoms with Crippen LogP contribution in [-0.2, 0) is 9.53 Å². The van der Waals surface area contributed by atoms with Crippen LogP contribution in [-0.4, -0.2) is 17.4 Å². The molecule has 0 heterocycles. The van der Waals surface area contributed by atoms with Gasteiger partial charge in [0.15, 0.2) is 4.51 Å². The van der Waals surface area contributed by atoms with Gasteiger partial charge < -0.3 is 4.74 Å². The Morgan fingerprint density at radius 2 is 2.29 bits per heavy atom. The van der Waals surface area contributed by atoms with E-state index in [1.807, 2.05) is 19.1 Å². The number of allylic oxidation sites excluding steroid dienone is 2. The molecule has 14 heavy (non-hydrogen) atoms. The van der Waals surface area contributed by atoms with Crippen molar-refractivity contribution >= 4 is 34.3 Å². The zero-order valence-electron chi connectivity index (χ0n) is 8.37. The highest BCUT2D eigenvalue weighted by Gasteiger charge is 2.42. The van der Waals surface area contributed by atoms with Gasteiger partial charge in [0.25, 0.3) is 0 Å². The highest BCUT2D eigenvalue weighted by molar-refractivity contribution is 9.10. The van der Waals surface area contributed by atoms with Gasteiger partial charge in [-0.1, -0.05) is 12.2 Å². The Balaban J connectivity index is 3.18. The SMILES string of the molecule is COC1(Br)C(S)=C(C)C=CC1C(C)=O. The van der Waals surface area contributed by atoms with Crippen LogP contribution in [0.5, 0.6) is 0 Å². The van der Waals surface area contributed by atoms with E-state index in [9.17, 15) is 4.79 Å². The van der Waals surface area contributed by atoms with Crippen molar-refractivity contribution in [1.29, 1.82) is 0 Å². The number of ketones is 1. The highest BCUT2D eigenvalue weighted by atomic mass is 79.9. The molecular weight excluding hydrogens is 264 g/mol. The molecule has 0 aromatic carbocycles. The first-order chi connectivity index (χ1) is 6.43. The Bertz CT molecular complexity index is 322. The van der Waals surface area contributed by atoms with E-state index in [0.717, 1.165) is 10.5 Å². The lowest BCUT2D eigenvalue weighted by Crippen LogP contribution is -2.39. The third kappa shape index (κ3) is 1.83. The largest absolute Gasteiger partial charge is 0.361 e. The molecule has 0 spiro atoms.